The lowest BCUT2D eigenvalue weighted by Gasteiger charge is -2.09. The Hall–Kier alpha value is -2.81. The largest absolute Gasteiger partial charge is 0.424 e. The molecular weight excluding hydrogens is 395 g/mol. The SMILES string of the molecule is CC(C)C(=O)Oc1cn(S(=O)(=O)c2ccccc2)c2ccc(C(F)(F)F)cc12. The molecule has 2 aromatic carbocycles. The predicted molar refractivity (Wildman–Crippen MR) is 96.4 cm³/mol. The van der Waals surface area contributed by atoms with E-state index in [1.54, 1.807) is 19.9 Å². The van der Waals surface area contributed by atoms with E-state index in [1.165, 1.54) is 24.3 Å². The number of carbonyl (C=O) groups excluding carboxylic acids is 1. The van der Waals surface area contributed by atoms with Gasteiger partial charge < -0.3 is 4.74 Å². The van der Waals surface area contributed by atoms with Gasteiger partial charge in [-0.1, -0.05) is 32.0 Å². The zero-order chi connectivity index (χ0) is 20.7. The number of fused-ring (bicyclic) bond motifs is 1. The minimum absolute atomic E-state index is 0.0246. The number of hydrogen-bond donors (Lipinski definition) is 0. The third kappa shape index (κ3) is 3.62. The van der Waals surface area contributed by atoms with E-state index in [9.17, 15) is 26.4 Å². The molecule has 0 aliphatic rings. The van der Waals surface area contributed by atoms with Crippen molar-refractivity contribution in [2.45, 2.75) is 24.9 Å². The van der Waals surface area contributed by atoms with Gasteiger partial charge in [0.05, 0.1) is 28.1 Å². The summed E-state index contributed by atoms with van der Waals surface area (Å²) in [5.41, 5.74) is -1.000. The fourth-order valence-corrected chi connectivity index (χ4v) is 3.94. The van der Waals surface area contributed by atoms with Crippen LogP contribution in [0.5, 0.6) is 5.75 Å². The topological polar surface area (TPSA) is 65.4 Å². The highest BCUT2D eigenvalue weighted by atomic mass is 32.2. The van der Waals surface area contributed by atoms with E-state index >= 15 is 0 Å². The summed E-state index contributed by atoms with van der Waals surface area (Å²) in [5.74, 6) is -1.48. The maximum atomic E-state index is 13.1. The van der Waals surface area contributed by atoms with Gasteiger partial charge in [0, 0.05) is 5.39 Å². The Balaban J connectivity index is 2.26. The molecule has 9 heteroatoms. The summed E-state index contributed by atoms with van der Waals surface area (Å²) in [5, 5.41) is -0.122. The number of rotatable bonds is 4. The van der Waals surface area contributed by atoms with Crippen LogP contribution < -0.4 is 4.74 Å². The number of aromatic nitrogens is 1. The number of carbonyl (C=O) groups is 1. The fourth-order valence-electron chi connectivity index (χ4n) is 2.56. The van der Waals surface area contributed by atoms with Crippen LogP contribution in [0, 0.1) is 5.92 Å². The first-order valence-corrected chi connectivity index (χ1v) is 9.70. The third-order valence-electron chi connectivity index (χ3n) is 4.04. The van der Waals surface area contributed by atoms with Crippen molar-refractivity contribution in [1.29, 1.82) is 0 Å². The van der Waals surface area contributed by atoms with Crippen LogP contribution in [-0.4, -0.2) is 18.4 Å². The Bertz CT molecular complexity index is 1130. The number of ether oxygens (including phenoxy) is 1. The van der Waals surface area contributed by atoms with E-state index in [0.717, 1.165) is 28.4 Å². The molecule has 1 aromatic heterocycles. The lowest BCUT2D eigenvalue weighted by atomic mass is 10.1. The Morgan fingerprint density at radius 3 is 2.29 bits per heavy atom. The van der Waals surface area contributed by atoms with Crippen LogP contribution in [0.2, 0.25) is 0 Å². The Kier molecular flexibility index (Phi) is 4.97. The van der Waals surface area contributed by atoms with Crippen molar-refractivity contribution in [1.82, 2.24) is 3.97 Å². The molecule has 0 atom stereocenters. The van der Waals surface area contributed by atoms with Crippen LogP contribution in [0.3, 0.4) is 0 Å². The minimum atomic E-state index is -4.63. The molecule has 0 saturated heterocycles. The fraction of sp³-hybridized carbons (Fsp3) is 0.211. The molecule has 148 valence electrons. The standard InChI is InChI=1S/C19H16F3NO4S/c1-12(2)18(24)27-17-11-23(28(25,26)14-6-4-3-5-7-14)16-9-8-13(10-15(16)17)19(20,21)22/h3-12H,1-2H3. The monoisotopic (exact) mass is 411 g/mol. The molecule has 28 heavy (non-hydrogen) atoms. The molecule has 0 spiro atoms. The van der Waals surface area contributed by atoms with Gasteiger partial charge in [0.2, 0.25) is 0 Å². The number of alkyl halides is 3. The Morgan fingerprint density at radius 1 is 1.07 bits per heavy atom. The average molecular weight is 411 g/mol. The molecule has 1 heterocycles. The van der Waals surface area contributed by atoms with Gasteiger partial charge in [0.15, 0.2) is 5.75 Å². The van der Waals surface area contributed by atoms with Crippen LogP contribution in [0.1, 0.15) is 19.4 Å². The molecule has 0 radical (unpaired) electrons. The summed E-state index contributed by atoms with van der Waals surface area (Å²) in [7, 11) is -4.10. The smallest absolute Gasteiger partial charge is 0.416 e. The summed E-state index contributed by atoms with van der Waals surface area (Å²) in [6.45, 7) is 3.12. The molecule has 0 aliphatic carbocycles. The van der Waals surface area contributed by atoms with Crippen LogP contribution in [0.25, 0.3) is 10.9 Å². The molecule has 3 rings (SSSR count). The molecule has 0 aliphatic heterocycles. The van der Waals surface area contributed by atoms with Gasteiger partial charge in [-0.05, 0) is 30.3 Å². The molecule has 0 amide bonds. The molecule has 3 aromatic rings. The summed E-state index contributed by atoms with van der Waals surface area (Å²) < 4.78 is 71.3. The van der Waals surface area contributed by atoms with Crippen LogP contribution in [0.15, 0.2) is 59.6 Å². The van der Waals surface area contributed by atoms with Gasteiger partial charge in [-0.15, -0.1) is 0 Å². The van der Waals surface area contributed by atoms with Crippen molar-refractivity contribution in [3.8, 4) is 5.75 Å². The predicted octanol–water partition coefficient (Wildman–Crippen LogP) is 4.46. The van der Waals surface area contributed by atoms with Crippen LogP contribution in [0.4, 0.5) is 13.2 Å². The summed E-state index contributed by atoms with van der Waals surface area (Å²) in [4.78, 5) is 11.9. The van der Waals surface area contributed by atoms with Crippen molar-refractivity contribution >= 4 is 26.9 Å². The van der Waals surface area contributed by atoms with Crippen LogP contribution >= 0.6 is 0 Å². The quantitative estimate of drug-likeness (QED) is 0.595. The first-order chi connectivity index (χ1) is 13.0. The van der Waals surface area contributed by atoms with E-state index in [0.29, 0.717) is 0 Å². The second-order valence-electron chi connectivity index (χ2n) is 6.41. The zero-order valence-electron chi connectivity index (χ0n) is 14.9. The second kappa shape index (κ2) is 6.97. The highest BCUT2D eigenvalue weighted by molar-refractivity contribution is 7.90. The minimum Gasteiger partial charge on any atom is -0.424 e. The molecule has 0 bridgehead atoms. The maximum absolute atomic E-state index is 13.1. The molecule has 0 N–H and O–H groups in total. The van der Waals surface area contributed by atoms with Gasteiger partial charge in [-0.25, -0.2) is 12.4 Å². The van der Waals surface area contributed by atoms with Gasteiger partial charge in [0.1, 0.15) is 0 Å². The third-order valence-corrected chi connectivity index (χ3v) is 5.73. The highest BCUT2D eigenvalue weighted by Crippen LogP contribution is 2.37. The maximum Gasteiger partial charge on any atom is 0.416 e. The zero-order valence-corrected chi connectivity index (χ0v) is 15.7. The van der Waals surface area contributed by atoms with Crippen molar-refractivity contribution in [3.05, 3.63) is 60.3 Å². The second-order valence-corrected chi connectivity index (χ2v) is 8.23. The normalized spacial score (nSPS) is 12.5. The number of halogens is 3. The summed E-state index contributed by atoms with van der Waals surface area (Å²) in [6.07, 6.45) is -3.61. The number of nitrogens with zero attached hydrogens (tertiary/aromatic N) is 1. The molecule has 0 unspecified atom stereocenters. The Morgan fingerprint density at radius 2 is 1.71 bits per heavy atom. The highest BCUT2D eigenvalue weighted by Gasteiger charge is 2.32. The first-order valence-electron chi connectivity index (χ1n) is 8.26. The van der Waals surface area contributed by atoms with E-state index < -0.39 is 33.7 Å². The summed E-state index contributed by atoms with van der Waals surface area (Å²) >= 11 is 0. The van der Waals surface area contributed by atoms with E-state index in [1.807, 2.05) is 0 Å². The molecule has 5 nitrogen and oxygen atoms in total. The molecule has 0 fully saturated rings. The van der Waals surface area contributed by atoms with Crippen LogP contribution in [-0.2, 0) is 21.0 Å². The van der Waals surface area contributed by atoms with Gasteiger partial charge in [0.25, 0.3) is 10.0 Å². The lowest BCUT2D eigenvalue weighted by Crippen LogP contribution is -2.15. The number of esters is 1. The van der Waals surface area contributed by atoms with Crippen molar-refractivity contribution in [2.75, 3.05) is 0 Å². The molecule has 0 saturated carbocycles. The van der Waals surface area contributed by atoms with E-state index in [-0.39, 0.29) is 21.5 Å². The van der Waals surface area contributed by atoms with Gasteiger partial charge in [-0.2, -0.15) is 13.2 Å². The van der Waals surface area contributed by atoms with Crippen molar-refractivity contribution in [3.63, 3.8) is 0 Å². The summed E-state index contributed by atoms with van der Waals surface area (Å²) in [6, 6.07) is 10.0. The van der Waals surface area contributed by atoms with E-state index in [4.69, 9.17) is 4.74 Å². The van der Waals surface area contributed by atoms with Crippen molar-refractivity contribution < 1.29 is 31.1 Å². The Labute approximate surface area is 159 Å². The lowest BCUT2D eigenvalue weighted by molar-refractivity contribution is -0.138. The first kappa shape index (κ1) is 19.9. The van der Waals surface area contributed by atoms with Gasteiger partial charge >= 0.3 is 12.1 Å². The number of hydrogen-bond acceptors (Lipinski definition) is 4. The molecular formula is C19H16F3NO4S. The van der Waals surface area contributed by atoms with Gasteiger partial charge in [-0.3, -0.25) is 4.79 Å². The number of benzene rings is 2. The van der Waals surface area contributed by atoms with Crippen molar-refractivity contribution in [2.24, 2.45) is 5.92 Å². The average Bonchev–Trinajstić information content (AvgIpc) is 3.00. The van der Waals surface area contributed by atoms with E-state index in [2.05, 4.69) is 0 Å².